The third-order valence-electron chi connectivity index (χ3n) is 2.81. The van der Waals surface area contributed by atoms with E-state index in [2.05, 4.69) is 17.4 Å². The summed E-state index contributed by atoms with van der Waals surface area (Å²) in [5.74, 6) is 0.396. The molecule has 2 nitrogen and oxygen atoms in total. The van der Waals surface area contributed by atoms with Gasteiger partial charge < -0.3 is 10.4 Å². The summed E-state index contributed by atoms with van der Waals surface area (Å²) in [6.07, 6.45) is 0. The van der Waals surface area contributed by atoms with Crippen molar-refractivity contribution in [3.05, 3.63) is 65.2 Å². The minimum absolute atomic E-state index is 0.396. The molecule has 88 valence electrons. The monoisotopic (exact) mass is 227 g/mol. The molecule has 0 saturated heterocycles. The molecule has 0 atom stereocenters. The molecule has 0 heterocycles. The van der Waals surface area contributed by atoms with Crippen molar-refractivity contribution < 1.29 is 5.11 Å². The second kappa shape index (κ2) is 5.51. The van der Waals surface area contributed by atoms with Crippen LogP contribution in [0.1, 0.15) is 16.7 Å². The van der Waals surface area contributed by atoms with E-state index in [0.717, 1.165) is 17.7 Å². The molecule has 0 aliphatic carbocycles. The largest absolute Gasteiger partial charge is 0.507 e. The molecule has 0 amide bonds. The Bertz CT molecular complexity index is 480. The van der Waals surface area contributed by atoms with E-state index in [0.29, 0.717) is 12.3 Å². The van der Waals surface area contributed by atoms with Gasteiger partial charge in [0, 0.05) is 18.7 Å². The van der Waals surface area contributed by atoms with Gasteiger partial charge >= 0.3 is 0 Å². The molecule has 0 radical (unpaired) electrons. The molecule has 2 heteroatoms. The van der Waals surface area contributed by atoms with Crippen LogP contribution in [0.3, 0.4) is 0 Å². The first-order chi connectivity index (χ1) is 8.27. The lowest BCUT2D eigenvalue weighted by molar-refractivity contribution is 0.460. The van der Waals surface area contributed by atoms with Gasteiger partial charge in [0.05, 0.1) is 0 Å². The maximum Gasteiger partial charge on any atom is 0.122 e. The molecule has 0 fully saturated rings. The lowest BCUT2D eigenvalue weighted by Gasteiger charge is -2.08. The molecule has 0 aromatic heterocycles. The lowest BCUT2D eigenvalue weighted by Crippen LogP contribution is -2.12. The van der Waals surface area contributed by atoms with E-state index in [-0.39, 0.29) is 0 Å². The second-order valence-electron chi connectivity index (χ2n) is 4.17. The van der Waals surface area contributed by atoms with Crippen molar-refractivity contribution in [2.75, 3.05) is 0 Å². The number of aromatic hydroxyl groups is 1. The van der Waals surface area contributed by atoms with Crippen LogP contribution in [0.5, 0.6) is 5.75 Å². The molecule has 0 saturated carbocycles. The second-order valence-corrected chi connectivity index (χ2v) is 4.17. The first-order valence-corrected chi connectivity index (χ1v) is 5.79. The number of aryl methyl sites for hydroxylation is 1. The predicted octanol–water partition coefficient (Wildman–Crippen LogP) is 2.99. The fourth-order valence-corrected chi connectivity index (χ4v) is 1.80. The van der Waals surface area contributed by atoms with Crippen molar-refractivity contribution in [1.29, 1.82) is 0 Å². The number of hydrogen-bond acceptors (Lipinski definition) is 2. The van der Waals surface area contributed by atoms with Gasteiger partial charge in [0.2, 0.25) is 0 Å². The summed E-state index contributed by atoms with van der Waals surface area (Å²) in [6, 6.07) is 16.1. The Morgan fingerprint density at radius 1 is 0.941 bits per heavy atom. The molecule has 0 unspecified atom stereocenters. The van der Waals surface area contributed by atoms with E-state index in [1.165, 1.54) is 5.56 Å². The molecular formula is C15H17NO. The zero-order chi connectivity index (χ0) is 12.1. The Morgan fingerprint density at radius 2 is 1.71 bits per heavy atom. The fraction of sp³-hybridized carbons (Fsp3) is 0.200. The minimum Gasteiger partial charge on any atom is -0.507 e. The SMILES string of the molecule is Cc1cccc(CNCc2ccccc2)c1O. The van der Waals surface area contributed by atoms with Crippen LogP contribution in [0.25, 0.3) is 0 Å². The topological polar surface area (TPSA) is 32.3 Å². The number of phenolic OH excluding ortho intramolecular Hbond substituents is 1. The van der Waals surface area contributed by atoms with Crippen LogP contribution in [0.2, 0.25) is 0 Å². The van der Waals surface area contributed by atoms with Gasteiger partial charge in [-0.15, -0.1) is 0 Å². The highest BCUT2D eigenvalue weighted by Gasteiger charge is 2.02. The summed E-state index contributed by atoms with van der Waals surface area (Å²) in [6.45, 7) is 3.41. The Hall–Kier alpha value is -1.80. The first kappa shape index (κ1) is 11.7. The third kappa shape index (κ3) is 3.08. The highest BCUT2D eigenvalue weighted by molar-refractivity contribution is 5.39. The third-order valence-corrected chi connectivity index (χ3v) is 2.81. The van der Waals surface area contributed by atoms with Crippen LogP contribution >= 0.6 is 0 Å². The summed E-state index contributed by atoms with van der Waals surface area (Å²) in [7, 11) is 0. The van der Waals surface area contributed by atoms with Crippen LogP contribution in [0.4, 0.5) is 0 Å². The van der Waals surface area contributed by atoms with Crippen LogP contribution in [0.15, 0.2) is 48.5 Å². The maximum absolute atomic E-state index is 9.85. The van der Waals surface area contributed by atoms with Gasteiger partial charge in [-0.2, -0.15) is 0 Å². The van der Waals surface area contributed by atoms with E-state index in [9.17, 15) is 5.11 Å². The van der Waals surface area contributed by atoms with Crippen molar-refractivity contribution in [2.45, 2.75) is 20.0 Å². The standard InChI is InChI=1S/C15H17NO/c1-12-6-5-9-14(15(12)17)11-16-10-13-7-3-2-4-8-13/h2-9,16-17H,10-11H2,1H3. The van der Waals surface area contributed by atoms with Crippen molar-refractivity contribution in [3.63, 3.8) is 0 Å². The Morgan fingerprint density at radius 3 is 2.47 bits per heavy atom. The molecule has 2 N–H and O–H groups in total. The highest BCUT2D eigenvalue weighted by Crippen LogP contribution is 2.20. The summed E-state index contributed by atoms with van der Waals surface area (Å²) in [5.41, 5.74) is 3.12. The van der Waals surface area contributed by atoms with E-state index < -0.39 is 0 Å². The van der Waals surface area contributed by atoms with Gasteiger partial charge in [-0.05, 0) is 18.1 Å². The number of benzene rings is 2. The summed E-state index contributed by atoms with van der Waals surface area (Å²) in [5, 5.41) is 13.2. The number of nitrogens with one attached hydrogen (secondary N) is 1. The molecule has 17 heavy (non-hydrogen) atoms. The van der Waals surface area contributed by atoms with Gasteiger partial charge in [0.25, 0.3) is 0 Å². The average Bonchev–Trinajstić information content (AvgIpc) is 2.36. The van der Waals surface area contributed by atoms with Crippen LogP contribution in [-0.4, -0.2) is 5.11 Å². The van der Waals surface area contributed by atoms with E-state index in [1.807, 2.05) is 43.3 Å². The summed E-state index contributed by atoms with van der Waals surface area (Å²) < 4.78 is 0. The van der Waals surface area contributed by atoms with Crippen molar-refractivity contribution in [3.8, 4) is 5.75 Å². The van der Waals surface area contributed by atoms with Gasteiger partial charge in [-0.3, -0.25) is 0 Å². The number of para-hydroxylation sites is 1. The quantitative estimate of drug-likeness (QED) is 0.841. The molecule has 0 bridgehead atoms. The number of hydrogen-bond donors (Lipinski definition) is 2. The molecule has 0 aliphatic rings. The van der Waals surface area contributed by atoms with Crippen molar-refractivity contribution in [1.82, 2.24) is 5.32 Å². The number of phenols is 1. The Kier molecular flexibility index (Phi) is 3.78. The van der Waals surface area contributed by atoms with Gasteiger partial charge in [0.15, 0.2) is 0 Å². The molecule has 2 aromatic carbocycles. The Balaban J connectivity index is 1.93. The van der Waals surface area contributed by atoms with E-state index in [4.69, 9.17) is 0 Å². The van der Waals surface area contributed by atoms with Crippen molar-refractivity contribution in [2.24, 2.45) is 0 Å². The van der Waals surface area contributed by atoms with Crippen LogP contribution in [0, 0.1) is 6.92 Å². The first-order valence-electron chi connectivity index (χ1n) is 5.79. The fourth-order valence-electron chi connectivity index (χ4n) is 1.80. The highest BCUT2D eigenvalue weighted by atomic mass is 16.3. The minimum atomic E-state index is 0.396. The smallest absolute Gasteiger partial charge is 0.122 e. The summed E-state index contributed by atoms with van der Waals surface area (Å²) >= 11 is 0. The van der Waals surface area contributed by atoms with E-state index in [1.54, 1.807) is 0 Å². The predicted molar refractivity (Wildman–Crippen MR) is 69.8 cm³/mol. The molecular weight excluding hydrogens is 210 g/mol. The Labute approximate surface area is 102 Å². The zero-order valence-electron chi connectivity index (χ0n) is 9.98. The average molecular weight is 227 g/mol. The van der Waals surface area contributed by atoms with Gasteiger partial charge in [0.1, 0.15) is 5.75 Å². The molecule has 2 rings (SSSR count). The molecule has 0 spiro atoms. The zero-order valence-corrected chi connectivity index (χ0v) is 9.98. The lowest BCUT2D eigenvalue weighted by atomic mass is 10.1. The van der Waals surface area contributed by atoms with E-state index >= 15 is 0 Å². The maximum atomic E-state index is 9.85. The molecule has 2 aromatic rings. The van der Waals surface area contributed by atoms with Crippen LogP contribution in [-0.2, 0) is 13.1 Å². The summed E-state index contributed by atoms with van der Waals surface area (Å²) in [4.78, 5) is 0. The molecule has 0 aliphatic heterocycles. The number of rotatable bonds is 4. The van der Waals surface area contributed by atoms with Crippen LogP contribution < -0.4 is 5.32 Å². The van der Waals surface area contributed by atoms with Gasteiger partial charge in [-0.1, -0.05) is 48.5 Å². The van der Waals surface area contributed by atoms with Crippen molar-refractivity contribution >= 4 is 0 Å². The normalized spacial score (nSPS) is 10.4. The van der Waals surface area contributed by atoms with Gasteiger partial charge in [-0.25, -0.2) is 0 Å².